The molecule has 0 bridgehead atoms. The van der Waals surface area contributed by atoms with Crippen LogP contribution in [0.1, 0.15) is 45.9 Å². The molecule has 0 spiro atoms. The maximum Gasteiger partial charge on any atom is 0.252 e. The molecular weight excluding hydrogens is 408 g/mol. The molecule has 1 aliphatic heterocycles. The highest BCUT2D eigenvalue weighted by molar-refractivity contribution is 7.92. The maximum atomic E-state index is 13.1. The number of rotatable bonds is 5. The van der Waals surface area contributed by atoms with E-state index in [-0.39, 0.29) is 17.7 Å². The van der Waals surface area contributed by atoms with Crippen LogP contribution in [0.2, 0.25) is 0 Å². The maximum absolute atomic E-state index is 13.1. The van der Waals surface area contributed by atoms with Crippen LogP contribution >= 0.6 is 0 Å². The first-order valence-electron chi connectivity index (χ1n) is 10.5. The summed E-state index contributed by atoms with van der Waals surface area (Å²) in [6.45, 7) is 2.51. The Hall–Kier alpha value is -3.12. The molecule has 0 aliphatic carbocycles. The number of hydrogen-bond donors (Lipinski definition) is 1. The van der Waals surface area contributed by atoms with E-state index < -0.39 is 10.0 Å². The number of nitrogens with zero attached hydrogens (tertiary/aromatic N) is 1. The number of carbonyl (C=O) groups is 1. The number of anilines is 1. The average Bonchev–Trinajstić information content (AvgIpc) is 2.78. The molecule has 3 aromatic carbocycles. The number of nitrogens with one attached hydrogen (secondary N) is 1. The SMILES string of the molecule is Cc1cccc([C@H](NC(=O)c2ccc(N3CCCCS3(=O)=O)cc2)c2ccccc2)c1. The van der Waals surface area contributed by atoms with Crippen molar-refractivity contribution in [3.8, 4) is 0 Å². The van der Waals surface area contributed by atoms with Gasteiger partial charge in [0.2, 0.25) is 10.0 Å². The molecule has 0 radical (unpaired) electrons. The van der Waals surface area contributed by atoms with Gasteiger partial charge in [0.15, 0.2) is 0 Å². The molecule has 1 aliphatic rings. The minimum atomic E-state index is -3.27. The Bertz CT molecular complexity index is 1160. The van der Waals surface area contributed by atoms with Gasteiger partial charge >= 0.3 is 0 Å². The zero-order chi connectivity index (χ0) is 21.8. The predicted octanol–water partition coefficient (Wildman–Crippen LogP) is 4.44. The van der Waals surface area contributed by atoms with Crippen LogP contribution in [0.4, 0.5) is 5.69 Å². The van der Waals surface area contributed by atoms with Crippen LogP contribution in [0, 0.1) is 6.92 Å². The highest BCUT2D eigenvalue weighted by Gasteiger charge is 2.26. The fourth-order valence-electron chi connectivity index (χ4n) is 3.93. The molecule has 1 heterocycles. The van der Waals surface area contributed by atoms with Crippen LogP contribution in [0.5, 0.6) is 0 Å². The van der Waals surface area contributed by atoms with Crippen LogP contribution < -0.4 is 9.62 Å². The second-order valence-electron chi connectivity index (χ2n) is 7.87. The van der Waals surface area contributed by atoms with Gasteiger partial charge in [-0.15, -0.1) is 0 Å². The van der Waals surface area contributed by atoms with Gasteiger partial charge in [-0.2, -0.15) is 0 Å². The first-order chi connectivity index (χ1) is 14.9. The largest absolute Gasteiger partial charge is 0.341 e. The van der Waals surface area contributed by atoms with Gasteiger partial charge in [-0.05, 0) is 55.2 Å². The first kappa shape index (κ1) is 21.1. The number of hydrogen-bond acceptors (Lipinski definition) is 3. The number of carbonyl (C=O) groups excluding carboxylic acids is 1. The van der Waals surface area contributed by atoms with Gasteiger partial charge in [0.25, 0.3) is 5.91 Å². The molecule has 0 saturated carbocycles. The van der Waals surface area contributed by atoms with Crippen molar-refractivity contribution in [2.45, 2.75) is 25.8 Å². The molecule has 1 amide bonds. The van der Waals surface area contributed by atoms with Crippen molar-refractivity contribution in [2.24, 2.45) is 0 Å². The summed E-state index contributed by atoms with van der Waals surface area (Å²) >= 11 is 0. The highest BCUT2D eigenvalue weighted by atomic mass is 32.2. The standard InChI is InChI=1S/C25H26N2O3S/c1-19-8-7-11-22(18-19)24(20-9-3-2-4-10-20)26-25(28)21-12-14-23(15-13-21)27-16-5-6-17-31(27,29)30/h2-4,7-15,18,24H,5-6,16-17H2,1H3,(H,26,28)/t24-/m1/s1. The van der Waals surface area contributed by atoms with E-state index >= 15 is 0 Å². The molecule has 0 aromatic heterocycles. The molecule has 1 saturated heterocycles. The summed E-state index contributed by atoms with van der Waals surface area (Å²) < 4.78 is 26.1. The molecule has 1 N–H and O–H groups in total. The van der Waals surface area contributed by atoms with Gasteiger partial charge in [0.05, 0.1) is 17.5 Å². The Morgan fingerprint density at radius 2 is 1.61 bits per heavy atom. The Morgan fingerprint density at radius 1 is 0.903 bits per heavy atom. The summed E-state index contributed by atoms with van der Waals surface area (Å²) in [4.78, 5) is 13.1. The molecule has 0 unspecified atom stereocenters. The molecule has 1 fully saturated rings. The van der Waals surface area contributed by atoms with Crippen LogP contribution in [-0.4, -0.2) is 26.6 Å². The van der Waals surface area contributed by atoms with Gasteiger partial charge in [0, 0.05) is 12.1 Å². The zero-order valence-corrected chi connectivity index (χ0v) is 18.3. The third kappa shape index (κ3) is 4.80. The lowest BCUT2D eigenvalue weighted by molar-refractivity contribution is 0.0943. The van der Waals surface area contributed by atoms with Gasteiger partial charge in [0.1, 0.15) is 0 Å². The minimum Gasteiger partial charge on any atom is -0.341 e. The fraction of sp³-hybridized carbons (Fsp3) is 0.240. The number of benzene rings is 3. The Balaban J connectivity index is 1.58. The molecule has 160 valence electrons. The Morgan fingerprint density at radius 3 is 2.29 bits per heavy atom. The average molecular weight is 435 g/mol. The van der Waals surface area contributed by atoms with Crippen LogP contribution in [-0.2, 0) is 10.0 Å². The molecule has 4 rings (SSSR count). The lowest BCUT2D eigenvalue weighted by Crippen LogP contribution is -2.37. The van der Waals surface area contributed by atoms with Gasteiger partial charge < -0.3 is 5.32 Å². The van der Waals surface area contributed by atoms with Crippen molar-refractivity contribution in [1.82, 2.24) is 5.32 Å². The van der Waals surface area contributed by atoms with Gasteiger partial charge in [-0.25, -0.2) is 8.42 Å². The monoisotopic (exact) mass is 434 g/mol. The van der Waals surface area contributed by atoms with E-state index in [0.29, 0.717) is 24.2 Å². The topological polar surface area (TPSA) is 66.5 Å². The second kappa shape index (κ2) is 8.94. The third-order valence-corrected chi connectivity index (χ3v) is 7.42. The summed E-state index contributed by atoms with van der Waals surface area (Å²) in [6.07, 6.45) is 1.54. The highest BCUT2D eigenvalue weighted by Crippen LogP contribution is 2.26. The molecular formula is C25H26N2O3S. The van der Waals surface area contributed by atoms with E-state index in [2.05, 4.69) is 11.4 Å². The number of aryl methyl sites for hydroxylation is 1. The van der Waals surface area contributed by atoms with Gasteiger partial charge in [-0.1, -0.05) is 60.2 Å². The van der Waals surface area contributed by atoms with Crippen molar-refractivity contribution in [1.29, 1.82) is 0 Å². The zero-order valence-electron chi connectivity index (χ0n) is 17.5. The third-order valence-electron chi connectivity index (χ3n) is 5.55. The van der Waals surface area contributed by atoms with E-state index in [1.54, 1.807) is 24.3 Å². The van der Waals surface area contributed by atoms with E-state index in [1.165, 1.54) is 4.31 Å². The van der Waals surface area contributed by atoms with E-state index in [4.69, 9.17) is 0 Å². The lowest BCUT2D eigenvalue weighted by Gasteiger charge is -2.28. The Labute approximate surface area is 183 Å². The van der Waals surface area contributed by atoms with E-state index in [1.807, 2.05) is 55.5 Å². The van der Waals surface area contributed by atoms with Crippen LogP contribution in [0.25, 0.3) is 0 Å². The van der Waals surface area contributed by atoms with Crippen LogP contribution in [0.15, 0.2) is 78.9 Å². The Kier molecular flexibility index (Phi) is 6.09. The van der Waals surface area contributed by atoms with Crippen molar-refractivity contribution in [3.63, 3.8) is 0 Å². The van der Waals surface area contributed by atoms with Crippen molar-refractivity contribution < 1.29 is 13.2 Å². The van der Waals surface area contributed by atoms with Crippen LogP contribution in [0.3, 0.4) is 0 Å². The van der Waals surface area contributed by atoms with E-state index in [0.717, 1.165) is 23.1 Å². The molecule has 3 aromatic rings. The molecule has 31 heavy (non-hydrogen) atoms. The van der Waals surface area contributed by atoms with Gasteiger partial charge in [-0.3, -0.25) is 9.10 Å². The summed E-state index contributed by atoms with van der Waals surface area (Å²) in [5.41, 5.74) is 4.23. The lowest BCUT2D eigenvalue weighted by atomic mass is 9.97. The number of amides is 1. The van der Waals surface area contributed by atoms with Crippen molar-refractivity contribution in [2.75, 3.05) is 16.6 Å². The normalized spacial score (nSPS) is 16.5. The summed E-state index contributed by atoms with van der Waals surface area (Å²) in [6, 6.07) is 24.5. The summed E-state index contributed by atoms with van der Waals surface area (Å²) in [7, 11) is -3.27. The van der Waals surface area contributed by atoms with Crippen molar-refractivity contribution >= 4 is 21.6 Å². The summed E-state index contributed by atoms with van der Waals surface area (Å²) in [5.74, 6) is -0.0341. The molecule has 6 heteroatoms. The quantitative estimate of drug-likeness (QED) is 0.645. The molecule has 5 nitrogen and oxygen atoms in total. The number of sulfonamides is 1. The fourth-order valence-corrected chi connectivity index (χ4v) is 5.57. The molecule has 1 atom stereocenters. The second-order valence-corrected chi connectivity index (χ2v) is 9.89. The first-order valence-corrected chi connectivity index (χ1v) is 12.1. The smallest absolute Gasteiger partial charge is 0.252 e. The summed E-state index contributed by atoms with van der Waals surface area (Å²) in [5, 5.41) is 3.14. The van der Waals surface area contributed by atoms with E-state index in [9.17, 15) is 13.2 Å². The predicted molar refractivity (Wildman–Crippen MR) is 124 cm³/mol. The minimum absolute atomic E-state index is 0.171. The van der Waals surface area contributed by atoms with Crippen molar-refractivity contribution in [3.05, 3.63) is 101 Å².